The Morgan fingerprint density at radius 2 is 1.78 bits per heavy atom. The highest BCUT2D eigenvalue weighted by Crippen LogP contribution is 2.26. The highest BCUT2D eigenvalue weighted by Gasteiger charge is 2.23. The van der Waals surface area contributed by atoms with Crippen molar-refractivity contribution in [2.45, 2.75) is 6.54 Å². The van der Waals surface area contributed by atoms with E-state index in [0.29, 0.717) is 32.7 Å². The number of hydrogen-bond donors (Lipinski definition) is 1. The molecule has 0 saturated carbocycles. The van der Waals surface area contributed by atoms with Gasteiger partial charge in [-0.1, -0.05) is 54.1 Å². The van der Waals surface area contributed by atoms with Crippen molar-refractivity contribution in [3.63, 3.8) is 0 Å². The summed E-state index contributed by atoms with van der Waals surface area (Å²) in [6.45, 7) is 3.22. The molecule has 2 heterocycles. The number of aromatic nitrogens is 2. The number of carbonyl (C=O) groups is 1. The number of carbonyl (C=O) groups excluding carboxylic acids is 1. The molecule has 0 aliphatic carbocycles. The topological polar surface area (TPSA) is 87.5 Å². The van der Waals surface area contributed by atoms with Crippen LogP contribution in [-0.4, -0.2) is 66.5 Å². The van der Waals surface area contributed by atoms with Crippen molar-refractivity contribution < 1.29 is 13.2 Å². The molecule has 1 saturated heterocycles. The predicted molar refractivity (Wildman–Crippen MR) is 125 cm³/mol. The van der Waals surface area contributed by atoms with Crippen molar-refractivity contribution in [2.75, 3.05) is 37.2 Å². The number of hydrogen-bond acceptors (Lipinski definition) is 5. The number of nitrogens with zero attached hydrogens (tertiary/aromatic N) is 4. The van der Waals surface area contributed by atoms with E-state index in [9.17, 15) is 13.2 Å². The fourth-order valence-corrected chi connectivity index (χ4v) is 4.44. The normalized spacial score (nSPS) is 15.0. The fraction of sp³-hybridized carbons (Fsp3) is 0.273. The lowest BCUT2D eigenvalue weighted by atomic mass is 10.0. The number of rotatable bonds is 5. The van der Waals surface area contributed by atoms with Gasteiger partial charge in [-0.2, -0.15) is 9.78 Å². The number of nitrogens with one attached hydrogen (secondary N) is 1. The molecule has 1 aliphatic rings. The number of amides is 1. The van der Waals surface area contributed by atoms with Crippen LogP contribution in [0.1, 0.15) is 5.56 Å². The predicted octanol–water partition coefficient (Wildman–Crippen LogP) is 3.36. The highest BCUT2D eigenvalue weighted by atomic mass is 35.5. The van der Waals surface area contributed by atoms with Gasteiger partial charge >= 0.3 is 6.03 Å². The van der Waals surface area contributed by atoms with Crippen LogP contribution in [0.4, 0.5) is 10.5 Å². The summed E-state index contributed by atoms with van der Waals surface area (Å²) in [6, 6.07) is 16.0. The molecule has 2 aromatic carbocycles. The van der Waals surface area contributed by atoms with Crippen molar-refractivity contribution in [1.29, 1.82) is 0 Å². The van der Waals surface area contributed by atoms with Gasteiger partial charge in [-0.05, 0) is 22.8 Å². The third-order valence-electron chi connectivity index (χ3n) is 5.28. The second-order valence-corrected chi connectivity index (χ2v) is 9.92. The Morgan fingerprint density at radius 3 is 2.44 bits per heavy atom. The minimum absolute atomic E-state index is 0.257. The van der Waals surface area contributed by atoms with Crippen molar-refractivity contribution >= 4 is 33.3 Å². The summed E-state index contributed by atoms with van der Waals surface area (Å²) in [4.78, 5) is 16.6. The van der Waals surface area contributed by atoms with Gasteiger partial charge in [0.2, 0.25) is 10.0 Å². The number of anilines is 1. The molecule has 1 aliphatic heterocycles. The fourth-order valence-electron chi connectivity index (χ4n) is 3.66. The van der Waals surface area contributed by atoms with E-state index < -0.39 is 10.0 Å². The quantitative estimate of drug-likeness (QED) is 0.614. The summed E-state index contributed by atoms with van der Waals surface area (Å²) in [6.07, 6.45) is 3.74. The Bertz CT molecular complexity index is 1210. The van der Waals surface area contributed by atoms with Crippen LogP contribution in [0.3, 0.4) is 0 Å². The van der Waals surface area contributed by atoms with Crippen molar-refractivity contribution in [3.8, 4) is 11.1 Å². The standard InChI is InChI=1S/C22H24ClN5O3S/c1-32(30,31)25-20-14-24-28(16-20)22(29)27-11-9-26(10-12-27)15-19-8-7-18(13-21(19)23)17-5-3-2-4-6-17/h2-8,13-14,16,25H,9-12,15H2,1H3. The first-order valence-corrected chi connectivity index (χ1v) is 12.4. The molecule has 0 spiro atoms. The minimum Gasteiger partial charge on any atom is -0.320 e. The summed E-state index contributed by atoms with van der Waals surface area (Å²) in [5.41, 5.74) is 3.52. The smallest absolute Gasteiger partial charge is 0.320 e. The third-order valence-corrected chi connectivity index (χ3v) is 6.24. The second kappa shape index (κ2) is 9.32. The van der Waals surface area contributed by atoms with Gasteiger partial charge in [-0.25, -0.2) is 13.2 Å². The van der Waals surface area contributed by atoms with Crippen LogP contribution in [0, 0.1) is 0 Å². The van der Waals surface area contributed by atoms with E-state index in [1.807, 2.05) is 24.3 Å². The number of sulfonamides is 1. The summed E-state index contributed by atoms with van der Waals surface area (Å²) in [5.74, 6) is 0. The molecule has 1 fully saturated rings. The van der Waals surface area contributed by atoms with Crippen molar-refractivity contribution in [3.05, 3.63) is 71.5 Å². The average Bonchev–Trinajstić information content (AvgIpc) is 3.22. The lowest BCUT2D eigenvalue weighted by molar-refractivity contribution is 0.134. The number of piperazine rings is 1. The maximum Gasteiger partial charge on any atom is 0.344 e. The van der Waals surface area contributed by atoms with Crippen LogP contribution < -0.4 is 4.72 Å². The number of halogens is 1. The van der Waals surface area contributed by atoms with E-state index in [2.05, 4.69) is 39.0 Å². The third kappa shape index (κ3) is 5.48. The average molecular weight is 474 g/mol. The summed E-state index contributed by atoms with van der Waals surface area (Å²) < 4.78 is 26.1. The van der Waals surface area contributed by atoms with Gasteiger partial charge in [0, 0.05) is 37.7 Å². The van der Waals surface area contributed by atoms with Crippen LogP contribution in [0.25, 0.3) is 11.1 Å². The first-order valence-electron chi connectivity index (χ1n) is 10.2. The van der Waals surface area contributed by atoms with Crippen LogP contribution in [0.2, 0.25) is 5.02 Å². The Kier molecular flexibility index (Phi) is 6.50. The highest BCUT2D eigenvalue weighted by molar-refractivity contribution is 7.92. The maximum atomic E-state index is 12.7. The number of benzene rings is 2. The van der Waals surface area contributed by atoms with Crippen LogP contribution in [0.5, 0.6) is 0 Å². The molecular formula is C22H24ClN5O3S. The van der Waals surface area contributed by atoms with Gasteiger partial charge in [0.25, 0.3) is 0 Å². The Labute approximate surface area is 192 Å². The van der Waals surface area contributed by atoms with E-state index in [4.69, 9.17) is 11.6 Å². The molecule has 3 aromatic rings. The molecule has 0 radical (unpaired) electrons. The van der Waals surface area contributed by atoms with Crippen LogP contribution >= 0.6 is 11.6 Å². The second-order valence-electron chi connectivity index (χ2n) is 7.77. The molecule has 0 unspecified atom stereocenters. The molecule has 0 bridgehead atoms. The van der Waals surface area contributed by atoms with Gasteiger partial charge in [0.1, 0.15) is 0 Å². The zero-order chi connectivity index (χ0) is 22.7. The lowest BCUT2D eigenvalue weighted by Gasteiger charge is -2.34. The van der Waals surface area contributed by atoms with E-state index in [0.717, 1.165) is 32.7 Å². The summed E-state index contributed by atoms with van der Waals surface area (Å²) >= 11 is 6.55. The monoisotopic (exact) mass is 473 g/mol. The Morgan fingerprint density at radius 1 is 1.06 bits per heavy atom. The largest absolute Gasteiger partial charge is 0.344 e. The van der Waals surface area contributed by atoms with Crippen molar-refractivity contribution in [1.82, 2.24) is 19.6 Å². The SMILES string of the molecule is CS(=O)(=O)Nc1cnn(C(=O)N2CCN(Cc3ccc(-c4ccccc4)cc3Cl)CC2)c1. The van der Waals surface area contributed by atoms with Gasteiger partial charge in [-0.3, -0.25) is 9.62 Å². The van der Waals surface area contributed by atoms with E-state index >= 15 is 0 Å². The molecule has 10 heteroatoms. The summed E-state index contributed by atoms with van der Waals surface area (Å²) in [5, 5.41) is 4.70. The molecule has 8 nitrogen and oxygen atoms in total. The molecule has 1 aromatic heterocycles. The molecular weight excluding hydrogens is 450 g/mol. The first-order chi connectivity index (χ1) is 15.3. The maximum absolute atomic E-state index is 12.7. The molecule has 1 N–H and O–H groups in total. The molecule has 32 heavy (non-hydrogen) atoms. The van der Waals surface area contributed by atoms with Crippen LogP contribution in [-0.2, 0) is 16.6 Å². The Balaban J connectivity index is 1.33. The van der Waals surface area contributed by atoms with Crippen LogP contribution in [0.15, 0.2) is 60.9 Å². The Hall–Kier alpha value is -2.88. The van der Waals surface area contributed by atoms with Crippen molar-refractivity contribution in [2.24, 2.45) is 0 Å². The minimum atomic E-state index is -3.42. The molecule has 4 rings (SSSR count). The van der Waals surface area contributed by atoms with E-state index in [1.165, 1.54) is 12.4 Å². The summed E-state index contributed by atoms with van der Waals surface area (Å²) in [7, 11) is -3.42. The first kappa shape index (κ1) is 22.3. The molecule has 0 atom stereocenters. The zero-order valence-electron chi connectivity index (χ0n) is 17.6. The molecule has 1 amide bonds. The van der Waals surface area contributed by atoms with Gasteiger partial charge in [0.05, 0.1) is 24.3 Å². The van der Waals surface area contributed by atoms with E-state index in [1.54, 1.807) is 4.90 Å². The zero-order valence-corrected chi connectivity index (χ0v) is 19.2. The van der Waals surface area contributed by atoms with Gasteiger partial charge in [-0.15, -0.1) is 0 Å². The van der Waals surface area contributed by atoms with E-state index in [-0.39, 0.29) is 11.7 Å². The lowest BCUT2D eigenvalue weighted by Crippen LogP contribution is -2.49. The van der Waals surface area contributed by atoms with Gasteiger partial charge < -0.3 is 4.90 Å². The molecule has 168 valence electrons. The van der Waals surface area contributed by atoms with Gasteiger partial charge in [0.15, 0.2) is 0 Å².